The fraction of sp³-hybridized carbons (Fsp3) is 0.810. The van der Waals surface area contributed by atoms with E-state index in [9.17, 15) is 15.5 Å². The van der Waals surface area contributed by atoms with Gasteiger partial charge in [0.1, 0.15) is 0 Å². The van der Waals surface area contributed by atoms with Crippen molar-refractivity contribution in [3.05, 3.63) is 11.6 Å². The van der Waals surface area contributed by atoms with Gasteiger partial charge in [0.05, 0.1) is 17.5 Å². The van der Waals surface area contributed by atoms with Crippen LogP contribution in [-0.2, 0) is 0 Å². The number of rotatable bonds is 1. The van der Waals surface area contributed by atoms with Crippen LogP contribution >= 0.6 is 0 Å². The molecule has 3 N–H and O–H groups in total. The van der Waals surface area contributed by atoms with Gasteiger partial charge in [-0.1, -0.05) is 29.7 Å². The van der Waals surface area contributed by atoms with Crippen LogP contribution in [-0.4, -0.2) is 33.0 Å². The van der Waals surface area contributed by atoms with Gasteiger partial charge in [0.25, 0.3) is 0 Å². The summed E-state index contributed by atoms with van der Waals surface area (Å²) in [7, 11) is 0. The molecule has 4 aliphatic carbocycles. The summed E-state index contributed by atoms with van der Waals surface area (Å²) in [6, 6.07) is 0. The maximum absolute atomic E-state index is 11.3. The van der Waals surface area contributed by atoms with Gasteiger partial charge in [0.15, 0.2) is 0 Å². The van der Waals surface area contributed by atoms with Crippen LogP contribution in [0.1, 0.15) is 65.7 Å². The lowest BCUT2D eigenvalue weighted by Crippen LogP contribution is -2.57. The molecule has 7 atom stereocenters. The van der Waals surface area contributed by atoms with Gasteiger partial charge in [-0.2, -0.15) is 0 Å². The van der Waals surface area contributed by atoms with Crippen LogP contribution in [0.2, 0.25) is 0 Å². The topological polar surface area (TPSA) is 85.4 Å². The van der Waals surface area contributed by atoms with Crippen LogP contribution in [0.4, 0.5) is 0 Å². The zero-order valence-corrected chi connectivity index (χ0v) is 16.1. The van der Waals surface area contributed by atoms with E-state index in [-0.39, 0.29) is 28.8 Å². The SMILES string of the molecule is C/C(=N/O)[C@H]1CCC2C3CCC4=C/C(=N\O)CC[C@]4(C)C3[C@@H](O)C[C@@]21C. The molecule has 0 heterocycles. The number of fused-ring (bicyclic) bond motifs is 5. The van der Waals surface area contributed by atoms with E-state index in [2.05, 4.69) is 30.2 Å². The van der Waals surface area contributed by atoms with Crippen molar-refractivity contribution in [1.82, 2.24) is 0 Å². The van der Waals surface area contributed by atoms with Crippen molar-refractivity contribution in [2.45, 2.75) is 71.8 Å². The normalized spacial score (nSPS) is 50.0. The van der Waals surface area contributed by atoms with Crippen molar-refractivity contribution in [2.24, 2.45) is 44.8 Å². The zero-order chi connectivity index (χ0) is 18.7. The molecule has 26 heavy (non-hydrogen) atoms. The van der Waals surface area contributed by atoms with Crippen molar-refractivity contribution in [2.75, 3.05) is 0 Å². The molecule has 0 aromatic heterocycles. The zero-order valence-electron chi connectivity index (χ0n) is 16.1. The summed E-state index contributed by atoms with van der Waals surface area (Å²) < 4.78 is 0. The number of allylic oxidation sites excluding steroid dienone is 2. The molecule has 3 unspecified atom stereocenters. The standard InChI is InChI=1S/C21H32N2O3/c1-12(22-25)16-6-7-17-15-5-4-13-10-14(23-26)8-9-20(13,2)19(15)18(24)11-21(16,17)3/h10,15-19,24-26H,4-9,11H2,1-3H3/b22-12-,23-14-/t15?,16-,17?,18+,19?,20+,21-/m1/s1. The molecule has 0 aliphatic heterocycles. The molecule has 0 saturated heterocycles. The van der Waals surface area contributed by atoms with Crippen molar-refractivity contribution >= 4 is 11.4 Å². The Morgan fingerprint density at radius 2 is 1.92 bits per heavy atom. The first-order chi connectivity index (χ1) is 12.3. The average molecular weight is 360 g/mol. The smallest absolute Gasteiger partial charge is 0.0795 e. The van der Waals surface area contributed by atoms with Crippen molar-refractivity contribution in [1.29, 1.82) is 0 Å². The van der Waals surface area contributed by atoms with E-state index >= 15 is 0 Å². The minimum atomic E-state index is -0.324. The lowest BCUT2D eigenvalue weighted by molar-refractivity contribution is -0.121. The predicted molar refractivity (Wildman–Crippen MR) is 101 cm³/mol. The van der Waals surface area contributed by atoms with Gasteiger partial charge < -0.3 is 15.5 Å². The van der Waals surface area contributed by atoms with E-state index in [1.165, 1.54) is 12.0 Å². The Kier molecular flexibility index (Phi) is 4.22. The van der Waals surface area contributed by atoms with Gasteiger partial charge in [-0.25, -0.2) is 0 Å². The van der Waals surface area contributed by atoms with E-state index in [1.807, 2.05) is 6.92 Å². The van der Waals surface area contributed by atoms with Crippen LogP contribution in [0.3, 0.4) is 0 Å². The third-order valence-corrected chi connectivity index (χ3v) is 8.70. The van der Waals surface area contributed by atoms with Crippen molar-refractivity contribution in [3.63, 3.8) is 0 Å². The highest BCUT2D eigenvalue weighted by Crippen LogP contribution is 2.66. The molecule has 5 heteroatoms. The Morgan fingerprint density at radius 1 is 1.15 bits per heavy atom. The Morgan fingerprint density at radius 3 is 2.62 bits per heavy atom. The molecule has 0 aromatic rings. The minimum Gasteiger partial charge on any atom is -0.411 e. The molecule has 3 fully saturated rings. The molecule has 0 amide bonds. The molecule has 5 nitrogen and oxygen atoms in total. The third kappa shape index (κ3) is 2.32. The van der Waals surface area contributed by atoms with Gasteiger partial charge in [-0.3, -0.25) is 0 Å². The summed E-state index contributed by atoms with van der Waals surface area (Å²) in [5, 5.41) is 36.8. The highest BCUT2D eigenvalue weighted by Gasteiger charge is 2.62. The number of aliphatic hydroxyl groups excluding tert-OH is 1. The van der Waals surface area contributed by atoms with Crippen LogP contribution < -0.4 is 0 Å². The molecule has 4 aliphatic rings. The van der Waals surface area contributed by atoms with Gasteiger partial charge in [0, 0.05) is 5.92 Å². The molecule has 4 rings (SSSR count). The fourth-order valence-corrected chi connectivity index (χ4v) is 7.53. The monoisotopic (exact) mass is 360 g/mol. The first kappa shape index (κ1) is 18.0. The maximum Gasteiger partial charge on any atom is 0.0795 e. The molecular formula is C21H32N2O3. The minimum absolute atomic E-state index is 0.00997. The lowest BCUT2D eigenvalue weighted by atomic mass is 9.46. The van der Waals surface area contributed by atoms with Gasteiger partial charge >= 0.3 is 0 Å². The van der Waals surface area contributed by atoms with E-state index < -0.39 is 0 Å². The fourth-order valence-electron chi connectivity index (χ4n) is 7.53. The Bertz CT molecular complexity index is 685. The molecule has 0 spiro atoms. The highest BCUT2D eigenvalue weighted by molar-refractivity contribution is 5.96. The van der Waals surface area contributed by atoms with Gasteiger partial charge in [-0.15, -0.1) is 0 Å². The second-order valence-corrected chi connectivity index (χ2v) is 9.66. The summed E-state index contributed by atoms with van der Waals surface area (Å²) >= 11 is 0. The van der Waals surface area contributed by atoms with Gasteiger partial charge in [0.2, 0.25) is 0 Å². The number of oxime groups is 2. The van der Waals surface area contributed by atoms with Crippen molar-refractivity contribution in [3.8, 4) is 0 Å². The number of aliphatic hydroxyl groups is 1. The first-order valence-corrected chi connectivity index (χ1v) is 10.1. The third-order valence-electron chi connectivity index (χ3n) is 8.70. The Balaban J connectivity index is 1.70. The summed E-state index contributed by atoms with van der Waals surface area (Å²) in [5.41, 5.74) is 3.01. The second-order valence-electron chi connectivity index (χ2n) is 9.66. The molecule has 144 valence electrons. The summed E-state index contributed by atoms with van der Waals surface area (Å²) in [6.45, 7) is 6.56. The van der Waals surface area contributed by atoms with E-state index in [1.54, 1.807) is 0 Å². The van der Waals surface area contributed by atoms with Gasteiger partial charge in [-0.05, 0) is 86.5 Å². The first-order valence-electron chi connectivity index (χ1n) is 10.1. The maximum atomic E-state index is 11.3. The van der Waals surface area contributed by atoms with E-state index in [0.29, 0.717) is 11.8 Å². The lowest BCUT2D eigenvalue weighted by Gasteiger charge is -2.60. The Labute approximate surface area is 155 Å². The average Bonchev–Trinajstić information content (AvgIpc) is 2.96. The van der Waals surface area contributed by atoms with Crippen LogP contribution in [0.15, 0.2) is 22.0 Å². The molecule has 0 radical (unpaired) electrons. The highest BCUT2D eigenvalue weighted by atomic mass is 16.4. The molecular weight excluding hydrogens is 328 g/mol. The number of hydrogen-bond donors (Lipinski definition) is 3. The molecule has 3 saturated carbocycles. The predicted octanol–water partition coefficient (Wildman–Crippen LogP) is 4.22. The van der Waals surface area contributed by atoms with E-state index in [4.69, 9.17) is 0 Å². The van der Waals surface area contributed by atoms with Crippen molar-refractivity contribution < 1.29 is 15.5 Å². The van der Waals surface area contributed by atoms with Crippen LogP contribution in [0.5, 0.6) is 0 Å². The molecule has 0 bridgehead atoms. The van der Waals surface area contributed by atoms with E-state index in [0.717, 1.165) is 49.9 Å². The number of hydrogen-bond acceptors (Lipinski definition) is 5. The largest absolute Gasteiger partial charge is 0.411 e. The second kappa shape index (κ2) is 6.08. The Hall–Kier alpha value is -1.36. The quantitative estimate of drug-likeness (QED) is 0.372. The molecule has 0 aromatic carbocycles. The summed E-state index contributed by atoms with van der Waals surface area (Å²) in [4.78, 5) is 0. The van der Waals surface area contributed by atoms with Crippen LogP contribution in [0, 0.1) is 34.5 Å². The summed E-state index contributed by atoms with van der Waals surface area (Å²) in [6.07, 6.45) is 8.66. The summed E-state index contributed by atoms with van der Waals surface area (Å²) in [5.74, 6) is 1.67. The number of nitrogens with zero attached hydrogens (tertiary/aromatic N) is 2. The van der Waals surface area contributed by atoms with Crippen LogP contribution in [0.25, 0.3) is 0 Å².